The number of benzene rings is 2. The highest BCUT2D eigenvalue weighted by molar-refractivity contribution is 5.77. The lowest BCUT2D eigenvalue weighted by molar-refractivity contribution is -0.135. The molecular weight excluding hydrogens is 306 g/mol. The second kappa shape index (κ2) is 8.15. The Morgan fingerprint density at radius 1 is 1.04 bits per heavy atom. The summed E-state index contributed by atoms with van der Waals surface area (Å²) in [5.74, 6) is 0.192. The van der Waals surface area contributed by atoms with Gasteiger partial charge in [-0.3, -0.25) is 9.59 Å². The molecule has 1 atom stereocenters. The summed E-state index contributed by atoms with van der Waals surface area (Å²) in [6.45, 7) is 3.40. The molecule has 0 saturated heterocycles. The molecular formula is C19H21NO4. The van der Waals surface area contributed by atoms with E-state index in [-0.39, 0.29) is 12.3 Å². The van der Waals surface area contributed by atoms with Crippen molar-refractivity contribution in [3.05, 3.63) is 59.7 Å². The molecule has 0 aromatic heterocycles. The Labute approximate surface area is 141 Å². The van der Waals surface area contributed by atoms with Gasteiger partial charge in [0.15, 0.2) is 11.5 Å². The molecule has 24 heavy (non-hydrogen) atoms. The molecule has 126 valence electrons. The van der Waals surface area contributed by atoms with Gasteiger partial charge in [0.05, 0.1) is 19.6 Å². The molecule has 1 N–H and O–H groups in total. The van der Waals surface area contributed by atoms with Gasteiger partial charge in [-0.2, -0.15) is 0 Å². The summed E-state index contributed by atoms with van der Waals surface area (Å²) in [6.07, 6.45) is 0.0285. The van der Waals surface area contributed by atoms with Gasteiger partial charge >= 0.3 is 5.97 Å². The Bertz CT molecular complexity index is 710. The first-order valence-corrected chi connectivity index (χ1v) is 7.67. The van der Waals surface area contributed by atoms with Crippen LogP contribution in [0.5, 0.6) is 11.5 Å². The standard InChI is InChI=1S/C19H21NO4/c1-13-8-10-15(11-9-13)16(20-14(2)21)12-19(22)24-18-7-5-4-6-17(18)23-3/h4-11,16H,12H2,1-3H3,(H,20,21). The molecule has 0 aliphatic carbocycles. The van der Waals surface area contributed by atoms with Gasteiger partial charge in [-0.05, 0) is 24.6 Å². The molecule has 1 amide bonds. The van der Waals surface area contributed by atoms with Gasteiger partial charge in [-0.1, -0.05) is 42.0 Å². The van der Waals surface area contributed by atoms with Crippen LogP contribution in [-0.4, -0.2) is 19.0 Å². The minimum atomic E-state index is -0.446. The normalized spacial score (nSPS) is 11.5. The summed E-state index contributed by atoms with van der Waals surface area (Å²) < 4.78 is 10.5. The van der Waals surface area contributed by atoms with Crippen LogP contribution < -0.4 is 14.8 Å². The van der Waals surface area contributed by atoms with Crippen molar-refractivity contribution in [3.8, 4) is 11.5 Å². The van der Waals surface area contributed by atoms with Crippen molar-refractivity contribution in [1.29, 1.82) is 0 Å². The van der Waals surface area contributed by atoms with Crippen LogP contribution in [-0.2, 0) is 9.59 Å². The van der Waals surface area contributed by atoms with Crippen molar-refractivity contribution in [2.75, 3.05) is 7.11 Å². The van der Waals surface area contributed by atoms with Gasteiger partial charge in [0.25, 0.3) is 0 Å². The van der Waals surface area contributed by atoms with Gasteiger partial charge in [-0.15, -0.1) is 0 Å². The molecule has 0 bridgehead atoms. The summed E-state index contributed by atoms with van der Waals surface area (Å²) >= 11 is 0. The van der Waals surface area contributed by atoms with Crippen LogP contribution in [0.4, 0.5) is 0 Å². The van der Waals surface area contributed by atoms with Crippen molar-refractivity contribution in [2.45, 2.75) is 26.3 Å². The van der Waals surface area contributed by atoms with Crippen LogP contribution in [0.1, 0.15) is 30.5 Å². The molecule has 0 fully saturated rings. The van der Waals surface area contributed by atoms with Crippen molar-refractivity contribution < 1.29 is 19.1 Å². The Kier molecular flexibility index (Phi) is 5.95. The van der Waals surface area contributed by atoms with Crippen LogP contribution in [0, 0.1) is 6.92 Å². The van der Waals surface area contributed by atoms with Gasteiger partial charge < -0.3 is 14.8 Å². The summed E-state index contributed by atoms with van der Waals surface area (Å²) in [4.78, 5) is 23.7. The predicted octanol–water partition coefficient (Wildman–Crippen LogP) is 3.18. The van der Waals surface area contributed by atoms with E-state index in [2.05, 4.69) is 5.32 Å². The maximum atomic E-state index is 12.3. The average molecular weight is 327 g/mol. The highest BCUT2D eigenvalue weighted by Gasteiger charge is 2.19. The van der Waals surface area contributed by atoms with Gasteiger partial charge in [0.2, 0.25) is 5.91 Å². The zero-order chi connectivity index (χ0) is 17.5. The van der Waals surface area contributed by atoms with Crippen LogP contribution in [0.25, 0.3) is 0 Å². The fourth-order valence-corrected chi connectivity index (χ4v) is 2.33. The second-order valence-electron chi connectivity index (χ2n) is 5.49. The quantitative estimate of drug-likeness (QED) is 0.654. The summed E-state index contributed by atoms with van der Waals surface area (Å²) in [5, 5.41) is 2.79. The highest BCUT2D eigenvalue weighted by Crippen LogP contribution is 2.27. The molecule has 5 nitrogen and oxygen atoms in total. The minimum Gasteiger partial charge on any atom is -0.493 e. The summed E-state index contributed by atoms with van der Waals surface area (Å²) in [6, 6.07) is 14.2. The molecule has 0 aliphatic rings. The molecule has 0 heterocycles. The lowest BCUT2D eigenvalue weighted by Crippen LogP contribution is -2.29. The fourth-order valence-electron chi connectivity index (χ4n) is 2.33. The molecule has 2 aromatic carbocycles. The Morgan fingerprint density at radius 2 is 1.67 bits per heavy atom. The van der Waals surface area contributed by atoms with E-state index < -0.39 is 12.0 Å². The van der Waals surface area contributed by atoms with Gasteiger partial charge in [0.1, 0.15) is 0 Å². The molecule has 0 saturated carbocycles. The number of carbonyl (C=O) groups is 2. The zero-order valence-corrected chi connectivity index (χ0v) is 14.0. The maximum absolute atomic E-state index is 12.3. The van der Waals surface area contributed by atoms with E-state index in [1.807, 2.05) is 31.2 Å². The largest absolute Gasteiger partial charge is 0.493 e. The predicted molar refractivity (Wildman–Crippen MR) is 91.0 cm³/mol. The monoisotopic (exact) mass is 327 g/mol. The number of methoxy groups -OCH3 is 1. The first-order valence-electron chi connectivity index (χ1n) is 7.67. The number of amides is 1. The third-order valence-electron chi connectivity index (χ3n) is 3.52. The third kappa shape index (κ3) is 4.84. The SMILES string of the molecule is COc1ccccc1OC(=O)CC(NC(C)=O)c1ccc(C)cc1. The smallest absolute Gasteiger partial charge is 0.313 e. The number of aryl methyl sites for hydroxylation is 1. The number of carbonyl (C=O) groups excluding carboxylic acids is 2. The molecule has 0 spiro atoms. The molecule has 2 aromatic rings. The third-order valence-corrected chi connectivity index (χ3v) is 3.52. The number of esters is 1. The summed E-state index contributed by atoms with van der Waals surface area (Å²) in [5.41, 5.74) is 1.96. The molecule has 2 rings (SSSR count). The van der Waals surface area contributed by atoms with E-state index in [1.54, 1.807) is 24.3 Å². The number of rotatable bonds is 6. The second-order valence-corrected chi connectivity index (χ2v) is 5.49. The van der Waals surface area contributed by atoms with Crippen molar-refractivity contribution in [2.24, 2.45) is 0 Å². The number of hydrogen-bond acceptors (Lipinski definition) is 4. The van der Waals surface area contributed by atoms with Gasteiger partial charge in [0, 0.05) is 6.92 Å². The van der Waals surface area contributed by atoms with E-state index in [0.717, 1.165) is 11.1 Å². The van der Waals surface area contributed by atoms with Gasteiger partial charge in [-0.25, -0.2) is 0 Å². The molecule has 0 aliphatic heterocycles. The fraction of sp³-hybridized carbons (Fsp3) is 0.263. The zero-order valence-electron chi connectivity index (χ0n) is 14.0. The number of hydrogen-bond donors (Lipinski definition) is 1. The van der Waals surface area contributed by atoms with Crippen molar-refractivity contribution in [1.82, 2.24) is 5.32 Å². The van der Waals surface area contributed by atoms with Crippen LogP contribution >= 0.6 is 0 Å². The Hall–Kier alpha value is -2.82. The molecule has 5 heteroatoms. The number of ether oxygens (including phenoxy) is 2. The molecule has 1 unspecified atom stereocenters. The topological polar surface area (TPSA) is 64.6 Å². The van der Waals surface area contributed by atoms with Crippen molar-refractivity contribution >= 4 is 11.9 Å². The summed E-state index contributed by atoms with van der Waals surface area (Å²) in [7, 11) is 1.51. The Balaban J connectivity index is 2.12. The first kappa shape index (κ1) is 17.5. The van der Waals surface area contributed by atoms with E-state index in [4.69, 9.17) is 9.47 Å². The lowest BCUT2D eigenvalue weighted by atomic mass is 10.0. The van der Waals surface area contributed by atoms with Crippen LogP contribution in [0.3, 0.4) is 0 Å². The Morgan fingerprint density at radius 3 is 2.25 bits per heavy atom. The number of para-hydroxylation sites is 2. The first-order chi connectivity index (χ1) is 11.5. The van der Waals surface area contributed by atoms with Crippen LogP contribution in [0.15, 0.2) is 48.5 Å². The van der Waals surface area contributed by atoms with E-state index in [1.165, 1.54) is 14.0 Å². The average Bonchev–Trinajstić information content (AvgIpc) is 2.55. The van der Waals surface area contributed by atoms with E-state index in [9.17, 15) is 9.59 Å². The van der Waals surface area contributed by atoms with Crippen LogP contribution in [0.2, 0.25) is 0 Å². The highest BCUT2D eigenvalue weighted by atomic mass is 16.6. The number of nitrogens with one attached hydrogen (secondary N) is 1. The van der Waals surface area contributed by atoms with E-state index >= 15 is 0 Å². The van der Waals surface area contributed by atoms with E-state index in [0.29, 0.717) is 11.5 Å². The minimum absolute atomic E-state index is 0.0285. The maximum Gasteiger partial charge on any atom is 0.313 e. The van der Waals surface area contributed by atoms with Crippen molar-refractivity contribution in [3.63, 3.8) is 0 Å². The molecule has 0 radical (unpaired) electrons. The lowest BCUT2D eigenvalue weighted by Gasteiger charge is -2.18.